The fourth-order valence-electron chi connectivity index (χ4n) is 2.56. The second kappa shape index (κ2) is 7.90. The molecule has 0 aliphatic carbocycles. The zero-order valence-corrected chi connectivity index (χ0v) is 15.0. The van der Waals surface area contributed by atoms with E-state index in [-0.39, 0.29) is 18.1 Å². The predicted octanol–water partition coefficient (Wildman–Crippen LogP) is 3.33. The topological polar surface area (TPSA) is 67.9 Å². The molecule has 27 heavy (non-hydrogen) atoms. The molecule has 1 aliphatic heterocycles. The van der Waals surface area contributed by atoms with Crippen molar-refractivity contribution in [2.24, 2.45) is 0 Å². The molecule has 3 amide bonds. The first kappa shape index (κ1) is 18.4. The van der Waals surface area contributed by atoms with Crippen molar-refractivity contribution in [3.8, 4) is 11.5 Å². The minimum absolute atomic E-state index is 0.0620. The Morgan fingerprint density at radius 3 is 2.56 bits per heavy atom. The Balaban J connectivity index is 1.81. The third-order valence-corrected chi connectivity index (χ3v) is 4.00. The minimum atomic E-state index is -0.471. The summed E-state index contributed by atoms with van der Waals surface area (Å²) in [5, 5.41) is 2.51. The molecule has 1 heterocycles. The van der Waals surface area contributed by atoms with Crippen LogP contribution < -0.4 is 14.8 Å². The maximum absolute atomic E-state index is 13.7. The van der Waals surface area contributed by atoms with Crippen molar-refractivity contribution in [2.75, 3.05) is 13.7 Å². The Hall–Kier alpha value is -3.35. The number of halogens is 1. The van der Waals surface area contributed by atoms with Crippen LogP contribution in [0.3, 0.4) is 0 Å². The van der Waals surface area contributed by atoms with E-state index >= 15 is 0 Å². The molecule has 2 aromatic carbocycles. The Morgan fingerprint density at radius 2 is 1.89 bits per heavy atom. The number of likely N-dealkylation sites (N-methyl/N-ethyl adjacent to an activating group) is 1. The van der Waals surface area contributed by atoms with E-state index in [1.807, 2.05) is 6.92 Å². The average molecular weight is 370 g/mol. The molecule has 6 nitrogen and oxygen atoms in total. The molecule has 3 rings (SSSR count). The van der Waals surface area contributed by atoms with Gasteiger partial charge in [-0.05, 0) is 36.8 Å². The molecule has 0 unspecified atom stereocenters. The number of imide groups is 1. The van der Waals surface area contributed by atoms with Crippen LogP contribution in [0.5, 0.6) is 11.5 Å². The Bertz CT molecular complexity index is 911. The second-order valence-electron chi connectivity index (χ2n) is 5.87. The van der Waals surface area contributed by atoms with Crippen molar-refractivity contribution in [2.45, 2.75) is 13.5 Å². The number of ether oxygens (including phenoxy) is 2. The van der Waals surface area contributed by atoms with Crippen LogP contribution in [0, 0.1) is 5.82 Å². The van der Waals surface area contributed by atoms with Crippen molar-refractivity contribution < 1.29 is 23.5 Å². The lowest BCUT2D eigenvalue weighted by Gasteiger charge is -2.13. The number of nitrogens with one attached hydrogen (secondary N) is 1. The van der Waals surface area contributed by atoms with Gasteiger partial charge in [0, 0.05) is 12.6 Å². The molecule has 0 aromatic heterocycles. The van der Waals surface area contributed by atoms with E-state index in [1.54, 1.807) is 42.5 Å². The third-order valence-electron chi connectivity index (χ3n) is 4.00. The van der Waals surface area contributed by atoms with E-state index < -0.39 is 11.9 Å². The largest absolute Gasteiger partial charge is 0.490 e. The quantitative estimate of drug-likeness (QED) is 0.626. The number of nitrogens with zero attached hydrogens (tertiary/aromatic N) is 1. The summed E-state index contributed by atoms with van der Waals surface area (Å²) in [5.41, 5.74) is 1.29. The van der Waals surface area contributed by atoms with Crippen LogP contribution in [0.15, 0.2) is 48.2 Å². The number of carbonyl (C=O) groups is 2. The zero-order valence-electron chi connectivity index (χ0n) is 15.0. The van der Waals surface area contributed by atoms with Crippen LogP contribution >= 0.6 is 0 Å². The summed E-state index contributed by atoms with van der Waals surface area (Å²) in [7, 11) is 1.41. The average Bonchev–Trinajstić information content (AvgIpc) is 2.89. The molecule has 2 aromatic rings. The van der Waals surface area contributed by atoms with Gasteiger partial charge < -0.3 is 14.8 Å². The van der Waals surface area contributed by atoms with E-state index in [2.05, 4.69) is 5.32 Å². The summed E-state index contributed by atoms with van der Waals surface area (Å²) in [6.07, 6.45) is 1.56. The molecule has 7 heteroatoms. The second-order valence-corrected chi connectivity index (χ2v) is 5.87. The summed E-state index contributed by atoms with van der Waals surface area (Å²) < 4.78 is 25.0. The lowest BCUT2D eigenvalue weighted by molar-refractivity contribution is -0.121. The Labute approximate surface area is 156 Å². The highest BCUT2D eigenvalue weighted by atomic mass is 19.1. The number of hydrogen-bond donors (Lipinski definition) is 1. The molecule has 1 fully saturated rings. The number of hydrogen-bond acceptors (Lipinski definition) is 4. The Morgan fingerprint density at radius 1 is 1.11 bits per heavy atom. The van der Waals surface area contributed by atoms with Gasteiger partial charge in [-0.15, -0.1) is 0 Å². The normalized spacial score (nSPS) is 15.2. The number of urea groups is 1. The number of benzene rings is 2. The van der Waals surface area contributed by atoms with Crippen LogP contribution in [0.1, 0.15) is 18.1 Å². The fraction of sp³-hybridized carbons (Fsp3) is 0.200. The van der Waals surface area contributed by atoms with E-state index in [0.29, 0.717) is 29.2 Å². The summed E-state index contributed by atoms with van der Waals surface area (Å²) in [6, 6.07) is 11.0. The standard InChI is InChI=1S/C20H19FN2O4/c1-3-26-18-11-13(10-16-19(24)23(2)20(25)22-16)8-9-17(18)27-12-14-6-4-5-7-15(14)21/h4-11H,3,12H2,1-2H3,(H,22,25)/b16-10+. The molecule has 1 aliphatic rings. The van der Waals surface area contributed by atoms with Crippen molar-refractivity contribution in [1.29, 1.82) is 0 Å². The predicted molar refractivity (Wildman–Crippen MR) is 97.6 cm³/mol. The van der Waals surface area contributed by atoms with Crippen molar-refractivity contribution in [3.05, 3.63) is 65.1 Å². The van der Waals surface area contributed by atoms with Gasteiger partial charge in [0.2, 0.25) is 0 Å². The fourth-order valence-corrected chi connectivity index (χ4v) is 2.56. The van der Waals surface area contributed by atoms with Crippen LogP contribution in [-0.4, -0.2) is 30.5 Å². The van der Waals surface area contributed by atoms with E-state index in [1.165, 1.54) is 13.1 Å². The van der Waals surface area contributed by atoms with Gasteiger partial charge in [0.25, 0.3) is 5.91 Å². The van der Waals surface area contributed by atoms with Gasteiger partial charge in [0.1, 0.15) is 18.1 Å². The molecule has 0 radical (unpaired) electrons. The summed E-state index contributed by atoms with van der Waals surface area (Å²) >= 11 is 0. The zero-order chi connectivity index (χ0) is 19.4. The summed E-state index contributed by atoms with van der Waals surface area (Å²) in [4.78, 5) is 24.5. The van der Waals surface area contributed by atoms with Crippen molar-refractivity contribution >= 4 is 18.0 Å². The summed E-state index contributed by atoms with van der Waals surface area (Å²) in [6.45, 7) is 2.31. The maximum atomic E-state index is 13.7. The highest BCUT2D eigenvalue weighted by Gasteiger charge is 2.29. The van der Waals surface area contributed by atoms with E-state index in [0.717, 1.165) is 4.90 Å². The molecule has 1 saturated heterocycles. The van der Waals surface area contributed by atoms with Gasteiger partial charge >= 0.3 is 6.03 Å². The molecule has 140 valence electrons. The van der Waals surface area contributed by atoms with E-state index in [4.69, 9.17) is 9.47 Å². The van der Waals surface area contributed by atoms with Gasteiger partial charge in [-0.2, -0.15) is 0 Å². The number of rotatable bonds is 6. The SMILES string of the molecule is CCOc1cc(/C=C2/NC(=O)N(C)C2=O)ccc1OCc1ccccc1F. The maximum Gasteiger partial charge on any atom is 0.328 e. The van der Waals surface area contributed by atoms with E-state index in [9.17, 15) is 14.0 Å². The van der Waals surface area contributed by atoms with Crippen LogP contribution in [0.25, 0.3) is 6.08 Å². The third kappa shape index (κ3) is 4.08. The van der Waals surface area contributed by atoms with Crippen LogP contribution in [-0.2, 0) is 11.4 Å². The minimum Gasteiger partial charge on any atom is -0.490 e. The van der Waals surface area contributed by atoms with Gasteiger partial charge in [-0.25, -0.2) is 9.18 Å². The van der Waals surface area contributed by atoms with Gasteiger partial charge in [-0.3, -0.25) is 9.69 Å². The first-order valence-corrected chi connectivity index (χ1v) is 8.43. The molecular weight excluding hydrogens is 351 g/mol. The van der Waals surface area contributed by atoms with Crippen molar-refractivity contribution in [1.82, 2.24) is 10.2 Å². The molecule has 0 saturated carbocycles. The number of carbonyl (C=O) groups excluding carboxylic acids is 2. The number of amides is 3. The first-order valence-electron chi connectivity index (χ1n) is 8.43. The van der Waals surface area contributed by atoms with Crippen molar-refractivity contribution in [3.63, 3.8) is 0 Å². The molecule has 0 spiro atoms. The molecule has 0 atom stereocenters. The highest BCUT2D eigenvalue weighted by molar-refractivity contribution is 6.13. The molecule has 1 N–H and O–H groups in total. The van der Waals surface area contributed by atoms with Gasteiger partial charge in [0.15, 0.2) is 11.5 Å². The van der Waals surface area contributed by atoms with Crippen LogP contribution in [0.2, 0.25) is 0 Å². The smallest absolute Gasteiger partial charge is 0.328 e. The molecular formula is C20H19FN2O4. The monoisotopic (exact) mass is 370 g/mol. The summed E-state index contributed by atoms with van der Waals surface area (Å²) in [5.74, 6) is 0.184. The van der Waals surface area contributed by atoms with Gasteiger partial charge in [-0.1, -0.05) is 24.3 Å². The van der Waals surface area contributed by atoms with Gasteiger partial charge in [0.05, 0.1) is 6.61 Å². The molecule has 0 bridgehead atoms. The Kier molecular flexibility index (Phi) is 5.40. The van der Waals surface area contributed by atoms with Crippen LogP contribution in [0.4, 0.5) is 9.18 Å². The lowest BCUT2D eigenvalue weighted by Crippen LogP contribution is -2.25. The lowest BCUT2D eigenvalue weighted by atomic mass is 10.1. The first-order chi connectivity index (χ1) is 13.0. The highest BCUT2D eigenvalue weighted by Crippen LogP contribution is 2.30.